The minimum Gasteiger partial charge on any atom is -0.326 e. The topological polar surface area (TPSA) is 94.5 Å². The molecule has 6 heteroatoms. The number of carbonyl (C=O) groups is 1. The molecular weight excluding hydrogens is 278 g/mol. The predicted octanol–water partition coefficient (Wildman–Crippen LogP) is 2.89. The summed E-state index contributed by atoms with van der Waals surface area (Å²) in [5.74, 6) is -0.267. The largest absolute Gasteiger partial charge is 0.326 e. The van der Waals surface area contributed by atoms with Crippen LogP contribution in [0.4, 0.5) is 5.69 Å². The zero-order valence-corrected chi connectivity index (χ0v) is 12.0. The van der Waals surface area contributed by atoms with Gasteiger partial charge >= 0.3 is 0 Å². The Morgan fingerprint density at radius 2 is 2.27 bits per heavy atom. The summed E-state index contributed by atoms with van der Waals surface area (Å²) in [6, 6.07) is 5.52. The summed E-state index contributed by atoms with van der Waals surface area (Å²) < 4.78 is 0. The minimum absolute atomic E-state index is 0.115. The lowest BCUT2D eigenvalue weighted by Gasteiger charge is -2.15. The van der Waals surface area contributed by atoms with Gasteiger partial charge in [-0.1, -0.05) is 6.08 Å². The van der Waals surface area contributed by atoms with Gasteiger partial charge in [-0.15, -0.1) is 0 Å². The number of rotatable bonds is 3. The van der Waals surface area contributed by atoms with E-state index in [1.165, 1.54) is 18.2 Å². The number of amides is 1. The zero-order chi connectivity index (χ0) is 15.4. The van der Waals surface area contributed by atoms with Crippen LogP contribution in [-0.2, 0) is 0 Å². The first-order valence-electron chi connectivity index (χ1n) is 7.19. The van der Waals surface area contributed by atoms with Crippen LogP contribution in [0.15, 0.2) is 30.6 Å². The fraction of sp³-hybridized carbons (Fsp3) is 0.250. The van der Waals surface area contributed by atoms with Gasteiger partial charge in [0.1, 0.15) is 11.8 Å². The molecule has 0 saturated heterocycles. The average molecular weight is 293 g/mol. The summed E-state index contributed by atoms with van der Waals surface area (Å²) in [5, 5.41) is 11.6. The number of imidazole rings is 1. The van der Waals surface area contributed by atoms with Crippen LogP contribution in [0.5, 0.6) is 0 Å². The summed E-state index contributed by atoms with van der Waals surface area (Å²) >= 11 is 0. The number of hydrogen-bond donors (Lipinski definition) is 2. The first-order valence-corrected chi connectivity index (χ1v) is 7.19. The van der Waals surface area contributed by atoms with Crippen LogP contribution in [0.1, 0.15) is 47.7 Å². The SMILES string of the molecule is N#Cc1cnc(C(=O)Nc2cccnc2C2=CCCCC2)[nH]1. The van der Waals surface area contributed by atoms with Crippen molar-refractivity contribution in [1.29, 1.82) is 5.26 Å². The molecule has 0 bridgehead atoms. The van der Waals surface area contributed by atoms with Crippen LogP contribution in [0.2, 0.25) is 0 Å². The Balaban J connectivity index is 1.85. The number of pyridine rings is 1. The van der Waals surface area contributed by atoms with Crippen LogP contribution in [0.25, 0.3) is 5.57 Å². The molecule has 2 heterocycles. The molecule has 22 heavy (non-hydrogen) atoms. The van der Waals surface area contributed by atoms with E-state index in [4.69, 9.17) is 5.26 Å². The third kappa shape index (κ3) is 2.88. The number of nitrogens with zero attached hydrogens (tertiary/aromatic N) is 3. The van der Waals surface area contributed by atoms with Crippen LogP contribution in [0, 0.1) is 11.3 Å². The maximum atomic E-state index is 12.2. The van der Waals surface area contributed by atoms with Gasteiger partial charge in [0, 0.05) is 6.20 Å². The van der Waals surface area contributed by atoms with Crippen LogP contribution in [0.3, 0.4) is 0 Å². The van der Waals surface area contributed by atoms with Crippen LogP contribution < -0.4 is 5.32 Å². The highest BCUT2D eigenvalue weighted by atomic mass is 16.2. The van der Waals surface area contributed by atoms with E-state index >= 15 is 0 Å². The molecule has 0 fully saturated rings. The maximum absolute atomic E-state index is 12.2. The molecule has 0 unspecified atom stereocenters. The zero-order valence-electron chi connectivity index (χ0n) is 12.0. The molecule has 3 rings (SSSR count). The summed E-state index contributed by atoms with van der Waals surface area (Å²) in [6.07, 6.45) is 9.59. The Bertz CT molecular complexity index is 769. The molecule has 2 aromatic heterocycles. The standard InChI is InChI=1S/C16H15N5O/c17-9-12-10-19-15(20-12)16(22)21-13-7-4-8-18-14(13)11-5-2-1-3-6-11/h4-5,7-8,10H,1-3,6H2,(H,19,20)(H,21,22). The fourth-order valence-corrected chi connectivity index (χ4v) is 2.49. The molecule has 2 aromatic rings. The van der Waals surface area contributed by atoms with E-state index < -0.39 is 0 Å². The highest BCUT2D eigenvalue weighted by Crippen LogP contribution is 2.29. The molecule has 0 aromatic carbocycles. The number of nitrogens with one attached hydrogen (secondary N) is 2. The van der Waals surface area contributed by atoms with Gasteiger partial charge < -0.3 is 10.3 Å². The minimum atomic E-state index is -0.382. The highest BCUT2D eigenvalue weighted by Gasteiger charge is 2.16. The smallest absolute Gasteiger partial charge is 0.291 e. The van der Waals surface area contributed by atoms with Gasteiger partial charge in [0.2, 0.25) is 0 Å². The van der Waals surface area contributed by atoms with E-state index in [0.717, 1.165) is 25.0 Å². The number of carbonyl (C=O) groups excluding carboxylic acids is 1. The van der Waals surface area contributed by atoms with Gasteiger partial charge in [0.05, 0.1) is 17.6 Å². The van der Waals surface area contributed by atoms with Gasteiger partial charge in [-0.2, -0.15) is 5.26 Å². The lowest BCUT2D eigenvalue weighted by molar-refractivity contribution is 0.101. The number of anilines is 1. The van der Waals surface area contributed by atoms with Gasteiger partial charge in [0.15, 0.2) is 5.82 Å². The highest BCUT2D eigenvalue weighted by molar-refractivity contribution is 6.03. The Kier molecular flexibility index (Phi) is 3.97. The number of aromatic nitrogens is 3. The van der Waals surface area contributed by atoms with E-state index in [1.54, 1.807) is 12.3 Å². The molecule has 2 N–H and O–H groups in total. The molecule has 0 aliphatic heterocycles. The maximum Gasteiger partial charge on any atom is 0.291 e. The quantitative estimate of drug-likeness (QED) is 0.909. The van der Waals surface area contributed by atoms with Crippen molar-refractivity contribution in [3.8, 4) is 6.07 Å². The summed E-state index contributed by atoms with van der Waals surface area (Å²) in [4.78, 5) is 23.2. The second-order valence-electron chi connectivity index (χ2n) is 5.09. The lowest BCUT2D eigenvalue weighted by atomic mass is 9.96. The molecule has 0 atom stereocenters. The van der Waals surface area contributed by atoms with Gasteiger partial charge in [0.25, 0.3) is 5.91 Å². The number of allylic oxidation sites excluding steroid dienone is 2. The molecule has 6 nitrogen and oxygen atoms in total. The Morgan fingerprint density at radius 3 is 3.00 bits per heavy atom. The van der Waals surface area contributed by atoms with Crippen LogP contribution >= 0.6 is 0 Å². The molecule has 1 amide bonds. The molecule has 1 aliphatic carbocycles. The second-order valence-corrected chi connectivity index (χ2v) is 5.09. The third-order valence-electron chi connectivity index (χ3n) is 3.56. The summed E-state index contributed by atoms with van der Waals surface area (Å²) in [6.45, 7) is 0. The third-order valence-corrected chi connectivity index (χ3v) is 3.56. The number of nitriles is 1. The van der Waals surface area contributed by atoms with Gasteiger partial charge in [-0.3, -0.25) is 9.78 Å². The average Bonchev–Trinajstić information content (AvgIpc) is 3.05. The molecule has 0 radical (unpaired) electrons. The van der Waals surface area contributed by atoms with Crippen LogP contribution in [-0.4, -0.2) is 20.9 Å². The van der Waals surface area contributed by atoms with E-state index in [9.17, 15) is 4.79 Å². The normalized spacial score (nSPS) is 14.0. The Labute approximate surface area is 127 Å². The molecule has 0 spiro atoms. The lowest BCUT2D eigenvalue weighted by Crippen LogP contribution is -2.15. The van der Waals surface area contributed by atoms with Crippen molar-refractivity contribution in [2.24, 2.45) is 0 Å². The monoisotopic (exact) mass is 293 g/mol. The molecule has 1 aliphatic rings. The predicted molar refractivity (Wildman–Crippen MR) is 81.9 cm³/mol. The fourth-order valence-electron chi connectivity index (χ4n) is 2.49. The summed E-state index contributed by atoms with van der Waals surface area (Å²) in [7, 11) is 0. The van der Waals surface area contributed by atoms with Crippen molar-refractivity contribution in [2.45, 2.75) is 25.7 Å². The first-order chi connectivity index (χ1) is 10.8. The van der Waals surface area contributed by atoms with Gasteiger partial charge in [-0.05, 0) is 43.4 Å². The Morgan fingerprint density at radius 1 is 1.36 bits per heavy atom. The van der Waals surface area contributed by atoms with E-state index in [0.29, 0.717) is 5.69 Å². The molecule has 110 valence electrons. The number of H-pyrrole nitrogens is 1. The number of hydrogen-bond acceptors (Lipinski definition) is 4. The van der Waals surface area contributed by atoms with Crippen molar-refractivity contribution in [2.75, 3.05) is 5.32 Å². The number of aromatic amines is 1. The van der Waals surface area contributed by atoms with E-state index in [2.05, 4.69) is 26.3 Å². The van der Waals surface area contributed by atoms with Crippen molar-refractivity contribution in [1.82, 2.24) is 15.0 Å². The molecule has 0 saturated carbocycles. The van der Waals surface area contributed by atoms with Crippen molar-refractivity contribution in [3.05, 3.63) is 47.8 Å². The first kappa shape index (κ1) is 14.0. The Hall–Kier alpha value is -2.94. The van der Waals surface area contributed by atoms with Crippen molar-refractivity contribution >= 4 is 17.2 Å². The van der Waals surface area contributed by atoms with Crippen molar-refractivity contribution in [3.63, 3.8) is 0 Å². The van der Waals surface area contributed by atoms with Gasteiger partial charge in [-0.25, -0.2) is 4.98 Å². The van der Waals surface area contributed by atoms with E-state index in [1.807, 2.05) is 12.1 Å². The second kappa shape index (κ2) is 6.22. The summed E-state index contributed by atoms with van der Waals surface area (Å²) in [5.41, 5.74) is 2.89. The molecular formula is C16H15N5O. The van der Waals surface area contributed by atoms with Crippen molar-refractivity contribution < 1.29 is 4.79 Å². The van der Waals surface area contributed by atoms with E-state index in [-0.39, 0.29) is 17.4 Å².